The summed E-state index contributed by atoms with van der Waals surface area (Å²) in [4.78, 5) is 12.0. The number of benzene rings is 1. The summed E-state index contributed by atoms with van der Waals surface area (Å²) < 4.78 is 1.88. The molecule has 1 amide bonds. The molecular weight excluding hydrogens is 276 g/mol. The molecule has 2 rings (SSSR count). The number of nitrogens with one attached hydrogen (secondary N) is 2. The predicted octanol–water partition coefficient (Wildman–Crippen LogP) is 2.13. The number of amides is 1. The molecule has 2 N–H and O–H groups in total. The molecule has 0 saturated heterocycles. The quantitative estimate of drug-likeness (QED) is 0.785. The first kappa shape index (κ1) is 16.2. The Morgan fingerprint density at radius 2 is 2.00 bits per heavy atom. The third-order valence-corrected chi connectivity index (χ3v) is 3.54. The highest BCUT2D eigenvalue weighted by Crippen LogP contribution is 2.10. The van der Waals surface area contributed by atoms with E-state index in [4.69, 9.17) is 0 Å². The number of carbonyl (C=O) groups excluding carboxylic acids is 1. The van der Waals surface area contributed by atoms with Crippen LogP contribution >= 0.6 is 0 Å². The smallest absolute Gasteiger partial charge is 0.221 e. The fourth-order valence-electron chi connectivity index (χ4n) is 2.32. The van der Waals surface area contributed by atoms with Gasteiger partial charge in [-0.3, -0.25) is 9.48 Å². The second kappa shape index (κ2) is 8.34. The van der Waals surface area contributed by atoms with Gasteiger partial charge in [0.15, 0.2) is 0 Å². The van der Waals surface area contributed by atoms with Crippen molar-refractivity contribution in [3.05, 3.63) is 54.4 Å². The summed E-state index contributed by atoms with van der Waals surface area (Å²) in [6.07, 6.45) is 4.18. The van der Waals surface area contributed by atoms with Gasteiger partial charge in [-0.05, 0) is 25.5 Å². The summed E-state index contributed by atoms with van der Waals surface area (Å²) in [5.41, 5.74) is 1.12. The number of nitrogens with zero attached hydrogens (tertiary/aromatic N) is 2. The summed E-state index contributed by atoms with van der Waals surface area (Å²) in [7, 11) is 0. The Bertz CT molecular complexity index is 553. The van der Waals surface area contributed by atoms with Crippen molar-refractivity contribution < 1.29 is 4.79 Å². The molecule has 1 aromatic heterocycles. The van der Waals surface area contributed by atoms with Gasteiger partial charge in [-0.1, -0.05) is 30.3 Å². The molecule has 0 fully saturated rings. The Morgan fingerprint density at radius 1 is 1.23 bits per heavy atom. The van der Waals surface area contributed by atoms with Crippen molar-refractivity contribution in [2.45, 2.75) is 38.9 Å². The Morgan fingerprint density at radius 3 is 2.68 bits per heavy atom. The van der Waals surface area contributed by atoms with Gasteiger partial charge in [0.2, 0.25) is 5.91 Å². The highest BCUT2D eigenvalue weighted by atomic mass is 16.1. The van der Waals surface area contributed by atoms with E-state index in [0.29, 0.717) is 13.0 Å². The Labute approximate surface area is 131 Å². The van der Waals surface area contributed by atoms with Gasteiger partial charge < -0.3 is 10.6 Å². The summed E-state index contributed by atoms with van der Waals surface area (Å²) in [5.74, 6) is 0.0649. The third kappa shape index (κ3) is 5.33. The molecule has 5 nitrogen and oxygen atoms in total. The predicted molar refractivity (Wildman–Crippen MR) is 87.3 cm³/mol. The normalized spacial score (nSPS) is 13.5. The third-order valence-electron chi connectivity index (χ3n) is 3.54. The van der Waals surface area contributed by atoms with Gasteiger partial charge in [-0.2, -0.15) is 5.10 Å². The van der Waals surface area contributed by atoms with Gasteiger partial charge in [0, 0.05) is 31.4 Å². The lowest BCUT2D eigenvalue weighted by Crippen LogP contribution is -2.35. The second-order valence-corrected chi connectivity index (χ2v) is 5.53. The average Bonchev–Trinajstić information content (AvgIpc) is 3.01. The first-order valence-electron chi connectivity index (χ1n) is 7.70. The summed E-state index contributed by atoms with van der Waals surface area (Å²) in [6.45, 7) is 5.55. The van der Waals surface area contributed by atoms with Crippen LogP contribution in [-0.4, -0.2) is 28.3 Å². The van der Waals surface area contributed by atoms with Crippen LogP contribution in [0, 0.1) is 0 Å². The molecule has 0 radical (unpaired) electrons. The van der Waals surface area contributed by atoms with Crippen LogP contribution in [0.2, 0.25) is 0 Å². The number of hydrogen-bond donors (Lipinski definition) is 2. The standard InChI is InChI=1S/C17H24N4O/c1-14(13-21-12-6-10-19-21)18-11-9-17(22)20-15(2)16-7-4-3-5-8-16/h3-8,10,12,14-15,18H,9,11,13H2,1-2H3,(H,20,22). The van der Waals surface area contributed by atoms with Crippen LogP contribution in [-0.2, 0) is 11.3 Å². The van der Waals surface area contributed by atoms with Crippen molar-refractivity contribution in [2.75, 3.05) is 6.54 Å². The molecular formula is C17H24N4O. The van der Waals surface area contributed by atoms with E-state index in [2.05, 4.69) is 22.7 Å². The van der Waals surface area contributed by atoms with Crippen LogP contribution in [0.1, 0.15) is 31.9 Å². The van der Waals surface area contributed by atoms with Crippen molar-refractivity contribution >= 4 is 5.91 Å². The first-order chi connectivity index (χ1) is 10.6. The maximum absolute atomic E-state index is 12.0. The maximum atomic E-state index is 12.0. The molecule has 0 bridgehead atoms. The topological polar surface area (TPSA) is 59.0 Å². The van der Waals surface area contributed by atoms with Crippen LogP contribution in [0.4, 0.5) is 0 Å². The van der Waals surface area contributed by atoms with Crippen molar-refractivity contribution in [1.82, 2.24) is 20.4 Å². The summed E-state index contributed by atoms with van der Waals surface area (Å²) >= 11 is 0. The highest BCUT2D eigenvalue weighted by Gasteiger charge is 2.09. The lowest BCUT2D eigenvalue weighted by Gasteiger charge is -2.16. The van der Waals surface area contributed by atoms with Crippen molar-refractivity contribution in [3.8, 4) is 0 Å². The van der Waals surface area contributed by atoms with Gasteiger partial charge in [0.25, 0.3) is 0 Å². The Kier molecular flexibility index (Phi) is 6.15. The largest absolute Gasteiger partial charge is 0.350 e. The minimum Gasteiger partial charge on any atom is -0.350 e. The van der Waals surface area contributed by atoms with E-state index in [0.717, 1.165) is 12.1 Å². The number of carbonyl (C=O) groups is 1. The van der Waals surface area contributed by atoms with E-state index < -0.39 is 0 Å². The van der Waals surface area contributed by atoms with Crippen LogP contribution in [0.15, 0.2) is 48.8 Å². The monoisotopic (exact) mass is 300 g/mol. The van der Waals surface area contributed by atoms with Gasteiger partial charge in [0.1, 0.15) is 0 Å². The first-order valence-corrected chi connectivity index (χ1v) is 7.70. The molecule has 0 spiro atoms. The number of hydrogen-bond acceptors (Lipinski definition) is 3. The van der Waals surface area contributed by atoms with E-state index in [1.165, 1.54) is 0 Å². The second-order valence-electron chi connectivity index (χ2n) is 5.53. The highest BCUT2D eigenvalue weighted by molar-refractivity contribution is 5.76. The van der Waals surface area contributed by atoms with E-state index in [-0.39, 0.29) is 18.0 Å². The van der Waals surface area contributed by atoms with Crippen LogP contribution in [0.25, 0.3) is 0 Å². The molecule has 5 heteroatoms. The molecule has 0 aliphatic carbocycles. The lowest BCUT2D eigenvalue weighted by atomic mass is 10.1. The SMILES string of the molecule is CC(Cn1cccn1)NCCC(=O)NC(C)c1ccccc1. The molecule has 0 aliphatic rings. The Balaban J connectivity index is 1.65. The fourth-order valence-corrected chi connectivity index (χ4v) is 2.32. The molecule has 1 heterocycles. The molecule has 118 valence electrons. The Hall–Kier alpha value is -2.14. The van der Waals surface area contributed by atoms with Crippen LogP contribution in [0.3, 0.4) is 0 Å². The zero-order valence-corrected chi connectivity index (χ0v) is 13.2. The van der Waals surface area contributed by atoms with Crippen molar-refractivity contribution in [1.29, 1.82) is 0 Å². The average molecular weight is 300 g/mol. The molecule has 22 heavy (non-hydrogen) atoms. The molecule has 0 aliphatic heterocycles. The van der Waals surface area contributed by atoms with Crippen molar-refractivity contribution in [3.63, 3.8) is 0 Å². The van der Waals surface area contributed by atoms with Gasteiger partial charge in [-0.15, -0.1) is 0 Å². The molecule has 2 aromatic rings. The minimum absolute atomic E-state index is 0.0372. The number of aromatic nitrogens is 2. The fraction of sp³-hybridized carbons (Fsp3) is 0.412. The summed E-state index contributed by atoms with van der Waals surface area (Å²) in [6, 6.07) is 12.2. The summed E-state index contributed by atoms with van der Waals surface area (Å²) in [5, 5.41) is 10.5. The van der Waals surface area contributed by atoms with E-state index in [1.807, 2.05) is 54.2 Å². The maximum Gasteiger partial charge on any atom is 0.221 e. The zero-order chi connectivity index (χ0) is 15.8. The molecule has 2 unspecified atom stereocenters. The lowest BCUT2D eigenvalue weighted by molar-refractivity contribution is -0.121. The van der Waals surface area contributed by atoms with Crippen LogP contribution in [0.5, 0.6) is 0 Å². The van der Waals surface area contributed by atoms with Gasteiger partial charge in [0.05, 0.1) is 12.6 Å². The van der Waals surface area contributed by atoms with Gasteiger partial charge >= 0.3 is 0 Å². The minimum atomic E-state index is 0.0372. The van der Waals surface area contributed by atoms with Crippen molar-refractivity contribution in [2.24, 2.45) is 0 Å². The number of rotatable bonds is 8. The molecule has 1 aromatic carbocycles. The van der Waals surface area contributed by atoms with E-state index in [1.54, 1.807) is 6.20 Å². The van der Waals surface area contributed by atoms with Gasteiger partial charge in [-0.25, -0.2) is 0 Å². The van der Waals surface area contributed by atoms with E-state index >= 15 is 0 Å². The van der Waals surface area contributed by atoms with Crippen LogP contribution < -0.4 is 10.6 Å². The van der Waals surface area contributed by atoms with E-state index in [9.17, 15) is 4.79 Å². The zero-order valence-electron chi connectivity index (χ0n) is 13.2. The molecule has 0 saturated carbocycles. The molecule has 2 atom stereocenters.